The van der Waals surface area contributed by atoms with Crippen molar-refractivity contribution in [1.82, 2.24) is 15.1 Å². The van der Waals surface area contributed by atoms with Crippen LogP contribution in [0, 0.1) is 0 Å². The zero-order chi connectivity index (χ0) is 20.5. The van der Waals surface area contributed by atoms with Crippen molar-refractivity contribution in [3.63, 3.8) is 0 Å². The summed E-state index contributed by atoms with van der Waals surface area (Å²) >= 11 is 5.86. The molecule has 1 aromatic carbocycles. The molecule has 2 aromatic rings. The largest absolute Gasteiger partial charge is 0.421 e. The fourth-order valence-electron chi connectivity index (χ4n) is 2.94. The number of hydrogen-bond donors (Lipinski definition) is 1. The van der Waals surface area contributed by atoms with E-state index in [9.17, 15) is 22.8 Å². The second-order valence-electron chi connectivity index (χ2n) is 6.80. The van der Waals surface area contributed by atoms with E-state index < -0.39 is 29.8 Å². The Kier molecular flexibility index (Phi) is 5.79. The monoisotopic (exact) mass is 413 g/mol. The van der Waals surface area contributed by atoms with E-state index in [0.717, 1.165) is 24.5 Å². The molecule has 1 heterocycles. The quantitative estimate of drug-likeness (QED) is 0.776. The number of nitrogens with zero attached hydrogens (tertiary/aromatic N) is 2. The van der Waals surface area contributed by atoms with Crippen LogP contribution in [0.5, 0.6) is 0 Å². The Morgan fingerprint density at radius 1 is 1.32 bits per heavy atom. The maximum absolute atomic E-state index is 13.2. The first-order chi connectivity index (χ1) is 13.2. The summed E-state index contributed by atoms with van der Waals surface area (Å²) in [5.74, 6) is -0.675. The summed E-state index contributed by atoms with van der Waals surface area (Å²) in [6.07, 6.45) is -2.78. The molecule has 0 spiro atoms. The van der Waals surface area contributed by atoms with Gasteiger partial charge < -0.3 is 5.32 Å². The average molecular weight is 414 g/mol. The lowest BCUT2D eigenvalue weighted by molar-refractivity contribution is -0.139. The van der Waals surface area contributed by atoms with Gasteiger partial charge in [-0.2, -0.15) is 18.3 Å². The van der Waals surface area contributed by atoms with Gasteiger partial charge in [-0.3, -0.25) is 9.59 Å². The first-order valence-electron chi connectivity index (χ1n) is 8.93. The first kappa shape index (κ1) is 20.4. The van der Waals surface area contributed by atoms with Gasteiger partial charge in [-0.15, -0.1) is 0 Å². The van der Waals surface area contributed by atoms with Crippen LogP contribution in [0.1, 0.15) is 55.0 Å². The van der Waals surface area contributed by atoms with E-state index in [2.05, 4.69) is 10.4 Å². The first-order valence-corrected chi connectivity index (χ1v) is 9.31. The van der Waals surface area contributed by atoms with E-state index in [0.29, 0.717) is 16.1 Å². The van der Waals surface area contributed by atoms with Crippen molar-refractivity contribution in [3.8, 4) is 0 Å². The van der Waals surface area contributed by atoms with Crippen molar-refractivity contribution in [2.24, 2.45) is 0 Å². The number of carbonyl (C=O) groups excluding carboxylic acids is 1. The van der Waals surface area contributed by atoms with Crippen molar-refractivity contribution in [3.05, 3.63) is 62.5 Å². The fraction of sp³-hybridized carbons (Fsp3) is 0.421. The molecule has 5 nitrogen and oxygen atoms in total. The van der Waals surface area contributed by atoms with Gasteiger partial charge in [0.25, 0.3) is 5.56 Å². The van der Waals surface area contributed by atoms with Crippen LogP contribution in [0.2, 0.25) is 5.02 Å². The highest BCUT2D eigenvalue weighted by Crippen LogP contribution is 2.40. The molecule has 9 heteroatoms. The third-order valence-electron chi connectivity index (χ3n) is 4.60. The van der Waals surface area contributed by atoms with E-state index in [1.54, 1.807) is 24.3 Å². The van der Waals surface area contributed by atoms with Crippen LogP contribution in [-0.2, 0) is 17.5 Å². The van der Waals surface area contributed by atoms with Gasteiger partial charge in [0.2, 0.25) is 5.91 Å². The molecule has 0 aliphatic heterocycles. The van der Waals surface area contributed by atoms with E-state index in [4.69, 9.17) is 11.6 Å². The van der Waals surface area contributed by atoms with Crippen LogP contribution in [0.3, 0.4) is 0 Å². The lowest BCUT2D eigenvalue weighted by Gasteiger charge is -2.18. The molecule has 0 radical (unpaired) electrons. The van der Waals surface area contributed by atoms with Gasteiger partial charge in [-0.1, -0.05) is 30.7 Å². The van der Waals surface area contributed by atoms with Crippen LogP contribution in [0.15, 0.2) is 35.1 Å². The Morgan fingerprint density at radius 3 is 2.50 bits per heavy atom. The number of hydrogen-bond acceptors (Lipinski definition) is 3. The van der Waals surface area contributed by atoms with Crippen molar-refractivity contribution in [1.29, 1.82) is 0 Å². The van der Waals surface area contributed by atoms with Gasteiger partial charge in [0, 0.05) is 10.9 Å². The molecule has 0 saturated heterocycles. The number of nitrogens with one attached hydrogen (secondary N) is 1. The molecule has 150 valence electrons. The molecule has 1 unspecified atom stereocenters. The third kappa shape index (κ3) is 4.73. The molecule has 0 bridgehead atoms. The van der Waals surface area contributed by atoms with Crippen LogP contribution >= 0.6 is 11.6 Å². The minimum Gasteiger partial charge on any atom is -0.348 e. The predicted octanol–water partition coefficient (Wildman–Crippen LogP) is 4.06. The summed E-state index contributed by atoms with van der Waals surface area (Å²) in [4.78, 5) is 24.6. The summed E-state index contributed by atoms with van der Waals surface area (Å²) < 4.78 is 40.2. The molecule has 1 saturated carbocycles. The topological polar surface area (TPSA) is 64.0 Å². The second-order valence-corrected chi connectivity index (χ2v) is 7.23. The molecule has 1 N–H and O–H groups in total. The number of aromatic nitrogens is 2. The smallest absolute Gasteiger partial charge is 0.348 e. The molecule has 1 atom stereocenters. The highest BCUT2D eigenvalue weighted by molar-refractivity contribution is 6.30. The Hall–Kier alpha value is -2.35. The standard InChI is InChI=1S/C19H19ClF3N3O2/c1-2-15(11-5-7-13(20)8-6-11)24-17(27)10-26-18(28)14(19(21,22)23)9-16(25-26)12-3-4-12/h5-9,12,15H,2-4,10H2,1H3,(H,24,27). The summed E-state index contributed by atoms with van der Waals surface area (Å²) in [6, 6.07) is 7.35. The molecule has 1 fully saturated rings. The molecule has 1 amide bonds. The minimum atomic E-state index is -4.79. The predicted molar refractivity (Wildman–Crippen MR) is 98.1 cm³/mol. The van der Waals surface area contributed by atoms with Gasteiger partial charge in [0.1, 0.15) is 12.1 Å². The van der Waals surface area contributed by atoms with E-state index in [1.807, 2.05) is 6.92 Å². The summed E-state index contributed by atoms with van der Waals surface area (Å²) in [5.41, 5.74) is -1.60. The molecule has 1 aliphatic carbocycles. The summed E-state index contributed by atoms with van der Waals surface area (Å²) in [5, 5.41) is 7.28. The van der Waals surface area contributed by atoms with Crippen molar-refractivity contribution < 1.29 is 18.0 Å². The number of alkyl halides is 3. The SMILES string of the molecule is CCC(NC(=O)Cn1nc(C2CC2)cc(C(F)(F)F)c1=O)c1ccc(Cl)cc1. The van der Waals surface area contributed by atoms with Gasteiger partial charge in [0.15, 0.2) is 0 Å². The minimum absolute atomic E-state index is 0.0894. The van der Waals surface area contributed by atoms with Gasteiger partial charge in [-0.05, 0) is 43.0 Å². The molecular weight excluding hydrogens is 395 g/mol. The number of rotatable bonds is 6. The Balaban J connectivity index is 1.82. The Morgan fingerprint density at radius 2 is 1.96 bits per heavy atom. The summed E-state index contributed by atoms with van der Waals surface area (Å²) in [7, 11) is 0. The van der Waals surface area contributed by atoms with Gasteiger partial charge >= 0.3 is 6.18 Å². The Bertz CT molecular complexity index is 922. The molecule has 1 aromatic heterocycles. The Labute approximate surface area is 164 Å². The van der Waals surface area contributed by atoms with Crippen LogP contribution in [0.4, 0.5) is 13.2 Å². The maximum atomic E-state index is 13.2. The van der Waals surface area contributed by atoms with E-state index in [-0.39, 0.29) is 17.7 Å². The van der Waals surface area contributed by atoms with Crippen molar-refractivity contribution in [2.45, 2.75) is 50.9 Å². The zero-order valence-corrected chi connectivity index (χ0v) is 15.8. The number of benzene rings is 1. The van der Waals surface area contributed by atoms with E-state index >= 15 is 0 Å². The van der Waals surface area contributed by atoms with Gasteiger partial charge in [-0.25, -0.2) is 4.68 Å². The lowest BCUT2D eigenvalue weighted by Crippen LogP contribution is -2.38. The van der Waals surface area contributed by atoms with Crippen LogP contribution in [0.25, 0.3) is 0 Å². The number of halogens is 4. The second kappa shape index (κ2) is 7.95. The molecule has 1 aliphatic rings. The molecular formula is C19H19ClF3N3O2. The molecule has 3 rings (SSSR count). The van der Waals surface area contributed by atoms with E-state index in [1.165, 1.54) is 0 Å². The highest BCUT2D eigenvalue weighted by atomic mass is 35.5. The van der Waals surface area contributed by atoms with Crippen LogP contribution in [-0.4, -0.2) is 15.7 Å². The van der Waals surface area contributed by atoms with Crippen molar-refractivity contribution in [2.75, 3.05) is 0 Å². The summed E-state index contributed by atoms with van der Waals surface area (Å²) in [6.45, 7) is 1.28. The third-order valence-corrected chi connectivity index (χ3v) is 4.86. The zero-order valence-electron chi connectivity index (χ0n) is 15.1. The van der Waals surface area contributed by atoms with Crippen molar-refractivity contribution >= 4 is 17.5 Å². The molecule has 28 heavy (non-hydrogen) atoms. The number of carbonyl (C=O) groups is 1. The fourth-order valence-corrected chi connectivity index (χ4v) is 3.07. The number of amides is 1. The highest BCUT2D eigenvalue weighted by Gasteiger charge is 2.37. The van der Waals surface area contributed by atoms with Crippen LogP contribution < -0.4 is 10.9 Å². The van der Waals surface area contributed by atoms with Gasteiger partial charge in [0.05, 0.1) is 11.7 Å². The normalized spacial score (nSPS) is 15.3. The maximum Gasteiger partial charge on any atom is 0.421 e. The lowest BCUT2D eigenvalue weighted by atomic mass is 10.0. The average Bonchev–Trinajstić information content (AvgIpc) is 3.46.